The van der Waals surface area contributed by atoms with Gasteiger partial charge in [0.1, 0.15) is 0 Å². The molecule has 2 aromatic carbocycles. The minimum atomic E-state index is -0.401. The number of rotatable bonds is 5. The molecular weight excluding hydrogens is 406 g/mol. The molecule has 3 rings (SSSR count). The summed E-state index contributed by atoms with van der Waals surface area (Å²) in [5.41, 5.74) is 5.53. The van der Waals surface area contributed by atoms with Crippen LogP contribution < -0.4 is 10.3 Å². The Labute approximate surface area is 167 Å². The molecule has 0 radical (unpaired) electrons. The van der Waals surface area contributed by atoms with Crippen molar-refractivity contribution in [2.45, 2.75) is 26.2 Å². The van der Waals surface area contributed by atoms with Gasteiger partial charge >= 0.3 is 0 Å². The third kappa shape index (κ3) is 4.83. The van der Waals surface area contributed by atoms with E-state index in [4.69, 9.17) is 0 Å². The van der Waals surface area contributed by atoms with Crippen LogP contribution in [0, 0.1) is 5.92 Å². The molecule has 2 amide bonds. The molecule has 2 aromatic rings. The molecule has 0 aromatic heterocycles. The summed E-state index contributed by atoms with van der Waals surface area (Å²) >= 11 is 3.38. The van der Waals surface area contributed by atoms with Gasteiger partial charge in [0.05, 0.1) is 12.1 Å². The van der Waals surface area contributed by atoms with Crippen molar-refractivity contribution in [2.24, 2.45) is 11.0 Å². The number of benzene rings is 2. The fraction of sp³-hybridized carbons (Fsp3) is 0.286. The van der Waals surface area contributed by atoms with Crippen molar-refractivity contribution in [3.05, 3.63) is 64.1 Å². The van der Waals surface area contributed by atoms with E-state index in [0.717, 1.165) is 15.7 Å². The van der Waals surface area contributed by atoms with Crippen molar-refractivity contribution in [3.8, 4) is 0 Å². The Morgan fingerprint density at radius 3 is 2.48 bits per heavy atom. The van der Waals surface area contributed by atoms with Crippen molar-refractivity contribution < 1.29 is 9.59 Å². The van der Waals surface area contributed by atoms with Crippen molar-refractivity contribution in [1.82, 2.24) is 5.43 Å². The van der Waals surface area contributed by atoms with Crippen LogP contribution >= 0.6 is 15.9 Å². The molecule has 1 fully saturated rings. The van der Waals surface area contributed by atoms with E-state index < -0.39 is 5.92 Å². The fourth-order valence-corrected chi connectivity index (χ4v) is 3.25. The van der Waals surface area contributed by atoms with Gasteiger partial charge in [-0.15, -0.1) is 0 Å². The Bertz CT molecular complexity index is 845. The molecule has 5 nitrogen and oxygen atoms in total. The number of halogens is 1. The fourth-order valence-electron chi connectivity index (χ4n) is 2.98. The lowest BCUT2D eigenvalue weighted by atomic mass is 10.0. The standard InChI is InChI=1S/C21H22BrN3O2/c1-14(2)16-5-3-15(4-6-16)12-23-24-21(27)17-11-20(26)25(13-17)19-9-7-18(22)8-10-19/h3-10,12,14,17H,11,13H2,1-2H3,(H,24,27)/b23-12-/t17-/m1/s1. The highest BCUT2D eigenvalue weighted by Gasteiger charge is 2.35. The van der Waals surface area contributed by atoms with Crippen LogP contribution in [-0.2, 0) is 9.59 Å². The van der Waals surface area contributed by atoms with Gasteiger partial charge in [0.15, 0.2) is 0 Å². The van der Waals surface area contributed by atoms with Crippen LogP contribution in [-0.4, -0.2) is 24.6 Å². The summed E-state index contributed by atoms with van der Waals surface area (Å²) < 4.78 is 0.947. The second-order valence-corrected chi connectivity index (χ2v) is 7.85. The Balaban J connectivity index is 1.57. The minimum absolute atomic E-state index is 0.0503. The molecular formula is C21H22BrN3O2. The summed E-state index contributed by atoms with van der Waals surface area (Å²) in [7, 11) is 0. The maximum atomic E-state index is 12.3. The third-order valence-electron chi connectivity index (χ3n) is 4.63. The highest BCUT2D eigenvalue weighted by molar-refractivity contribution is 9.10. The summed E-state index contributed by atoms with van der Waals surface area (Å²) in [6.07, 6.45) is 1.81. The zero-order valence-electron chi connectivity index (χ0n) is 15.4. The van der Waals surface area contributed by atoms with Crippen LogP contribution in [0.25, 0.3) is 0 Å². The first-order valence-corrected chi connectivity index (χ1v) is 9.72. The number of nitrogens with one attached hydrogen (secondary N) is 1. The number of amides is 2. The van der Waals surface area contributed by atoms with Gasteiger partial charge < -0.3 is 4.90 Å². The van der Waals surface area contributed by atoms with E-state index >= 15 is 0 Å². The quantitative estimate of drug-likeness (QED) is 0.577. The molecule has 1 saturated heterocycles. The van der Waals surface area contributed by atoms with Gasteiger partial charge in [0, 0.05) is 23.1 Å². The van der Waals surface area contributed by atoms with Crippen molar-refractivity contribution in [1.29, 1.82) is 0 Å². The average Bonchev–Trinajstić information content (AvgIpc) is 3.04. The number of hydrazone groups is 1. The molecule has 1 N–H and O–H groups in total. The van der Waals surface area contributed by atoms with Crippen LogP contribution in [0.2, 0.25) is 0 Å². The first kappa shape index (κ1) is 19.3. The maximum Gasteiger partial charge on any atom is 0.245 e. The summed E-state index contributed by atoms with van der Waals surface area (Å²) in [4.78, 5) is 26.2. The van der Waals surface area contributed by atoms with E-state index in [0.29, 0.717) is 12.5 Å². The molecule has 1 aliphatic rings. The average molecular weight is 428 g/mol. The zero-order valence-corrected chi connectivity index (χ0v) is 16.9. The topological polar surface area (TPSA) is 61.8 Å². The highest BCUT2D eigenvalue weighted by atomic mass is 79.9. The molecule has 0 spiro atoms. The predicted molar refractivity (Wildman–Crippen MR) is 111 cm³/mol. The Morgan fingerprint density at radius 1 is 1.19 bits per heavy atom. The van der Waals surface area contributed by atoms with E-state index in [2.05, 4.69) is 52.4 Å². The zero-order chi connectivity index (χ0) is 19.4. The Morgan fingerprint density at radius 2 is 1.85 bits per heavy atom. The van der Waals surface area contributed by atoms with Gasteiger partial charge in [-0.1, -0.05) is 54.0 Å². The van der Waals surface area contributed by atoms with E-state index in [1.165, 1.54) is 5.56 Å². The maximum absolute atomic E-state index is 12.3. The first-order chi connectivity index (χ1) is 12.9. The van der Waals surface area contributed by atoms with Gasteiger partial charge in [-0.05, 0) is 41.3 Å². The molecule has 27 heavy (non-hydrogen) atoms. The van der Waals surface area contributed by atoms with Gasteiger partial charge in [0.25, 0.3) is 0 Å². The summed E-state index contributed by atoms with van der Waals surface area (Å²) in [5, 5.41) is 4.03. The molecule has 0 saturated carbocycles. The minimum Gasteiger partial charge on any atom is -0.312 e. The summed E-state index contributed by atoms with van der Waals surface area (Å²) in [6, 6.07) is 15.5. The normalized spacial score (nSPS) is 17.1. The highest BCUT2D eigenvalue weighted by Crippen LogP contribution is 2.26. The molecule has 140 valence electrons. The monoisotopic (exact) mass is 427 g/mol. The van der Waals surface area contributed by atoms with Crippen LogP contribution in [0.3, 0.4) is 0 Å². The van der Waals surface area contributed by atoms with Crippen LogP contribution in [0.4, 0.5) is 5.69 Å². The number of hydrogen-bond donors (Lipinski definition) is 1. The molecule has 1 aliphatic heterocycles. The van der Waals surface area contributed by atoms with Crippen molar-refractivity contribution in [2.75, 3.05) is 11.4 Å². The van der Waals surface area contributed by atoms with Gasteiger partial charge in [-0.3, -0.25) is 9.59 Å². The van der Waals surface area contributed by atoms with Crippen LogP contribution in [0.5, 0.6) is 0 Å². The molecule has 0 aliphatic carbocycles. The Hall–Kier alpha value is -2.47. The smallest absolute Gasteiger partial charge is 0.245 e. The van der Waals surface area contributed by atoms with E-state index in [1.807, 2.05) is 36.4 Å². The lowest BCUT2D eigenvalue weighted by Gasteiger charge is -2.16. The second-order valence-electron chi connectivity index (χ2n) is 6.94. The Kier molecular flexibility index (Phi) is 6.06. The molecule has 0 unspecified atom stereocenters. The molecule has 1 atom stereocenters. The first-order valence-electron chi connectivity index (χ1n) is 8.93. The van der Waals surface area contributed by atoms with Gasteiger partial charge in [0.2, 0.25) is 11.8 Å². The number of anilines is 1. The molecule has 1 heterocycles. The second kappa shape index (κ2) is 8.48. The number of hydrogen-bond acceptors (Lipinski definition) is 3. The lowest BCUT2D eigenvalue weighted by Crippen LogP contribution is -2.30. The van der Waals surface area contributed by atoms with Crippen LogP contribution in [0.1, 0.15) is 37.3 Å². The van der Waals surface area contributed by atoms with Gasteiger partial charge in [-0.25, -0.2) is 5.43 Å². The largest absolute Gasteiger partial charge is 0.312 e. The predicted octanol–water partition coefficient (Wildman–Crippen LogP) is 4.08. The lowest BCUT2D eigenvalue weighted by molar-refractivity contribution is -0.126. The third-order valence-corrected chi connectivity index (χ3v) is 5.15. The van der Waals surface area contributed by atoms with Crippen LogP contribution in [0.15, 0.2) is 58.1 Å². The van der Waals surface area contributed by atoms with E-state index in [-0.39, 0.29) is 18.2 Å². The summed E-state index contributed by atoms with van der Waals surface area (Å²) in [6.45, 7) is 4.65. The number of carbonyl (C=O) groups excluding carboxylic acids is 2. The van der Waals surface area contributed by atoms with E-state index in [1.54, 1.807) is 11.1 Å². The molecule has 6 heteroatoms. The van der Waals surface area contributed by atoms with Crippen molar-refractivity contribution >= 4 is 39.6 Å². The number of carbonyl (C=O) groups is 2. The van der Waals surface area contributed by atoms with Gasteiger partial charge in [-0.2, -0.15) is 5.10 Å². The van der Waals surface area contributed by atoms with Crippen molar-refractivity contribution in [3.63, 3.8) is 0 Å². The SMILES string of the molecule is CC(C)c1ccc(/C=N\NC(=O)[C@@H]2CC(=O)N(c3ccc(Br)cc3)C2)cc1. The van der Waals surface area contributed by atoms with E-state index in [9.17, 15) is 9.59 Å². The molecule has 0 bridgehead atoms. The summed E-state index contributed by atoms with van der Waals surface area (Å²) in [5.74, 6) is -0.213. The number of nitrogens with zero attached hydrogens (tertiary/aromatic N) is 2.